The summed E-state index contributed by atoms with van der Waals surface area (Å²) < 4.78 is 10.9. The molecule has 0 saturated carbocycles. The van der Waals surface area contributed by atoms with Crippen molar-refractivity contribution in [3.8, 4) is 5.75 Å². The molecule has 1 aromatic heterocycles. The Morgan fingerprint density at radius 2 is 1.50 bits per heavy atom. The molecule has 1 heterocycles. The van der Waals surface area contributed by atoms with Crippen molar-refractivity contribution in [2.75, 3.05) is 7.11 Å². The lowest BCUT2D eigenvalue weighted by Crippen LogP contribution is -2.06. The van der Waals surface area contributed by atoms with E-state index in [-0.39, 0.29) is 38.7 Å². The van der Waals surface area contributed by atoms with Gasteiger partial charge < -0.3 is 14.3 Å². The van der Waals surface area contributed by atoms with E-state index in [1.165, 1.54) is 30.3 Å². The second-order valence-electron chi connectivity index (χ2n) is 6.22. The van der Waals surface area contributed by atoms with Crippen molar-refractivity contribution in [3.05, 3.63) is 87.6 Å². The minimum Gasteiger partial charge on any atom is -0.497 e. The van der Waals surface area contributed by atoms with Crippen LogP contribution in [0.3, 0.4) is 0 Å². The van der Waals surface area contributed by atoms with Crippen LogP contribution in [0.4, 0.5) is 0 Å². The molecular weight excluding hydrogens is 360 g/mol. The Kier molecular flexibility index (Phi) is 4.16. The maximum atomic E-state index is 12.7. The molecule has 0 aliphatic heterocycles. The Balaban J connectivity index is 1.83. The van der Waals surface area contributed by atoms with Gasteiger partial charge in [0.05, 0.1) is 23.4 Å². The molecule has 0 fully saturated rings. The minimum absolute atomic E-state index is 0.00505. The molecule has 28 heavy (non-hydrogen) atoms. The zero-order valence-corrected chi connectivity index (χ0v) is 14.8. The van der Waals surface area contributed by atoms with Crippen LogP contribution >= 0.6 is 0 Å². The van der Waals surface area contributed by atoms with Gasteiger partial charge in [0.2, 0.25) is 5.43 Å². The van der Waals surface area contributed by atoms with Crippen LogP contribution in [0.1, 0.15) is 26.3 Å². The van der Waals surface area contributed by atoms with E-state index in [9.17, 15) is 14.4 Å². The van der Waals surface area contributed by atoms with Gasteiger partial charge in [0.1, 0.15) is 16.9 Å². The Morgan fingerprint density at radius 1 is 0.821 bits per heavy atom. The highest BCUT2D eigenvalue weighted by molar-refractivity contribution is 6.10. The van der Waals surface area contributed by atoms with Crippen LogP contribution in [0, 0.1) is 0 Å². The topological polar surface area (TPSA) is 93.8 Å². The van der Waals surface area contributed by atoms with Crippen LogP contribution in [0.5, 0.6) is 5.75 Å². The van der Waals surface area contributed by atoms with Gasteiger partial charge in [-0.3, -0.25) is 9.59 Å². The van der Waals surface area contributed by atoms with E-state index in [0.29, 0.717) is 16.9 Å². The van der Waals surface area contributed by atoms with Crippen LogP contribution in [0.15, 0.2) is 69.9 Å². The lowest BCUT2D eigenvalue weighted by Gasteiger charge is -2.06. The second kappa shape index (κ2) is 6.66. The number of aromatic carboxylic acids is 1. The molecule has 0 aliphatic carbocycles. The number of carboxylic acids is 1. The molecule has 6 heteroatoms. The van der Waals surface area contributed by atoms with Crippen molar-refractivity contribution in [1.82, 2.24) is 0 Å². The van der Waals surface area contributed by atoms with Crippen molar-refractivity contribution < 1.29 is 23.8 Å². The molecule has 6 nitrogen and oxygen atoms in total. The van der Waals surface area contributed by atoms with E-state index in [0.717, 1.165) is 0 Å². The maximum Gasteiger partial charge on any atom is 0.335 e. The van der Waals surface area contributed by atoms with Crippen molar-refractivity contribution >= 4 is 33.7 Å². The molecule has 0 saturated heterocycles. The monoisotopic (exact) mass is 374 g/mol. The first-order valence-corrected chi connectivity index (χ1v) is 8.40. The Labute approximate surface area is 158 Å². The number of carbonyl (C=O) groups is 2. The first kappa shape index (κ1) is 17.5. The van der Waals surface area contributed by atoms with E-state index >= 15 is 0 Å². The van der Waals surface area contributed by atoms with Gasteiger partial charge in [-0.15, -0.1) is 0 Å². The van der Waals surface area contributed by atoms with Crippen LogP contribution < -0.4 is 10.2 Å². The molecule has 138 valence electrons. The normalized spacial score (nSPS) is 10.9. The summed E-state index contributed by atoms with van der Waals surface area (Å²) in [6.07, 6.45) is 0. The number of ether oxygens (including phenoxy) is 1. The summed E-state index contributed by atoms with van der Waals surface area (Å²) in [7, 11) is 1.55. The number of benzene rings is 3. The van der Waals surface area contributed by atoms with E-state index in [1.54, 1.807) is 37.4 Å². The molecule has 0 atom stereocenters. The highest BCUT2D eigenvalue weighted by Crippen LogP contribution is 2.22. The lowest BCUT2D eigenvalue weighted by molar-refractivity contribution is 0.0697. The number of fused-ring (bicyclic) bond motifs is 2. The smallest absolute Gasteiger partial charge is 0.335 e. The summed E-state index contributed by atoms with van der Waals surface area (Å²) in [5.41, 5.74) is 1.04. The van der Waals surface area contributed by atoms with Gasteiger partial charge in [-0.25, -0.2) is 4.79 Å². The van der Waals surface area contributed by atoms with E-state index in [2.05, 4.69) is 0 Å². The quantitative estimate of drug-likeness (QED) is 0.430. The van der Waals surface area contributed by atoms with Crippen LogP contribution in [0.2, 0.25) is 0 Å². The van der Waals surface area contributed by atoms with Crippen LogP contribution in [0.25, 0.3) is 21.9 Å². The fourth-order valence-electron chi connectivity index (χ4n) is 3.04. The third kappa shape index (κ3) is 2.91. The van der Waals surface area contributed by atoms with E-state index in [4.69, 9.17) is 14.3 Å². The molecule has 3 aromatic carbocycles. The number of hydrogen-bond acceptors (Lipinski definition) is 5. The van der Waals surface area contributed by atoms with Gasteiger partial charge in [0.15, 0.2) is 5.78 Å². The van der Waals surface area contributed by atoms with Gasteiger partial charge in [0.25, 0.3) is 0 Å². The number of ketones is 1. The summed E-state index contributed by atoms with van der Waals surface area (Å²) >= 11 is 0. The van der Waals surface area contributed by atoms with Gasteiger partial charge in [0, 0.05) is 11.1 Å². The van der Waals surface area contributed by atoms with Crippen LogP contribution in [-0.2, 0) is 0 Å². The third-order valence-electron chi connectivity index (χ3n) is 4.53. The van der Waals surface area contributed by atoms with Gasteiger partial charge in [-0.05, 0) is 54.6 Å². The summed E-state index contributed by atoms with van der Waals surface area (Å²) in [6.45, 7) is 0. The summed E-state index contributed by atoms with van der Waals surface area (Å²) in [6, 6.07) is 15.4. The summed E-state index contributed by atoms with van der Waals surface area (Å²) in [5, 5.41) is 9.57. The lowest BCUT2D eigenvalue weighted by atomic mass is 10.0. The molecular formula is C22H14O6. The Morgan fingerprint density at radius 3 is 2.18 bits per heavy atom. The zero-order valence-electron chi connectivity index (χ0n) is 14.8. The highest BCUT2D eigenvalue weighted by Gasteiger charge is 2.14. The van der Waals surface area contributed by atoms with E-state index < -0.39 is 5.97 Å². The van der Waals surface area contributed by atoms with Gasteiger partial charge in [-0.2, -0.15) is 0 Å². The first-order valence-electron chi connectivity index (χ1n) is 8.40. The van der Waals surface area contributed by atoms with Gasteiger partial charge >= 0.3 is 5.97 Å². The standard InChI is InChI=1S/C22H14O6/c1-27-15-6-2-12(3-7-15)20(23)13-4-8-16-19(11-13)28-18-9-5-14(22(25)26)10-17(18)21(16)24/h2-11H,1H3,(H,25,26). The first-order chi connectivity index (χ1) is 13.5. The van der Waals surface area contributed by atoms with Crippen molar-refractivity contribution in [3.63, 3.8) is 0 Å². The number of carbonyl (C=O) groups excluding carboxylic acids is 1. The van der Waals surface area contributed by atoms with Crippen molar-refractivity contribution in [2.24, 2.45) is 0 Å². The largest absolute Gasteiger partial charge is 0.497 e. The average Bonchev–Trinajstić information content (AvgIpc) is 2.72. The molecule has 0 amide bonds. The molecule has 0 spiro atoms. The van der Waals surface area contributed by atoms with E-state index in [1.807, 2.05) is 0 Å². The number of methoxy groups -OCH3 is 1. The fraction of sp³-hybridized carbons (Fsp3) is 0.0455. The molecule has 0 unspecified atom stereocenters. The maximum absolute atomic E-state index is 12.7. The average molecular weight is 374 g/mol. The van der Waals surface area contributed by atoms with Crippen molar-refractivity contribution in [1.29, 1.82) is 0 Å². The number of carboxylic acid groups (broad SMARTS) is 1. The molecule has 4 aromatic rings. The van der Waals surface area contributed by atoms with Crippen LogP contribution in [-0.4, -0.2) is 24.0 Å². The molecule has 4 rings (SSSR count). The molecule has 0 bridgehead atoms. The number of rotatable bonds is 4. The fourth-order valence-corrected chi connectivity index (χ4v) is 3.04. The predicted molar refractivity (Wildman–Crippen MR) is 103 cm³/mol. The zero-order chi connectivity index (χ0) is 19.8. The Hall–Kier alpha value is -3.93. The summed E-state index contributed by atoms with van der Waals surface area (Å²) in [5.74, 6) is -0.691. The Bertz CT molecular complexity index is 1300. The van der Waals surface area contributed by atoms with Gasteiger partial charge in [-0.1, -0.05) is 6.07 Å². The van der Waals surface area contributed by atoms with Crippen molar-refractivity contribution in [2.45, 2.75) is 0 Å². The minimum atomic E-state index is -1.12. The number of hydrogen-bond donors (Lipinski definition) is 1. The molecule has 1 N–H and O–H groups in total. The SMILES string of the molecule is COc1ccc(C(=O)c2ccc3c(=O)c4cc(C(=O)O)ccc4oc3c2)cc1. The highest BCUT2D eigenvalue weighted by atomic mass is 16.5. The third-order valence-corrected chi connectivity index (χ3v) is 4.53. The molecule has 0 radical (unpaired) electrons. The predicted octanol–water partition coefficient (Wildman–Crippen LogP) is 3.88. The summed E-state index contributed by atoms with van der Waals surface area (Å²) in [4.78, 5) is 36.6. The second-order valence-corrected chi connectivity index (χ2v) is 6.22. The molecule has 0 aliphatic rings.